The van der Waals surface area contributed by atoms with Gasteiger partial charge in [0.15, 0.2) is 0 Å². The first-order valence-electron chi connectivity index (χ1n) is 39.2. The number of carbonyl (C=O) groups excluding carboxylic acids is 14. The monoisotopic (exact) mass is 1650 g/mol. The standard InChI is InChI=1S/C85H103N15O18S/c1-48(2)35-61-77(110)97-68(76(109)88-43-71(86)105)46-119-47-73(107)91-62(36-50-15-8-6-9-16-50)78(111)95-66(39-54-26-32-58(104)33-27-54)85(118)100-34-14-21-69(100)81(114)98-74(49(3)4)83(116)93-63(37-52-22-28-56(102)29-23-52)79(112)96-67(45-101)75(108)89-44-72(106)90-64(41-55-42-87-60-20-13-12-19-59(55)60)80(113)94-65(38-53-24-30-57(103)31-25-53)84(117)99(5)70(82(115)92-61)40-51-17-10-7-11-18-51/h6-13,15-20,22-33,42,48-49,61-70,74,87,101-104H,14,21,34-41,43-47H2,1-5H3,(H2,86,105)(H,88,109)(H,89,108)(H,90,106)(H,91,107)(H,92,115)(H,93,116)(H,94,113)(H,95,111)(H,96,112)(H,97,110)(H,98,114)/t61-,62-,63-,64-,65-,66-,67-,68-,69-,70-,74-/m0/s1. The Bertz CT molecular complexity index is 4730. The van der Waals surface area contributed by atoms with E-state index in [4.69, 9.17) is 5.73 Å². The first-order valence-corrected chi connectivity index (χ1v) is 40.3. The molecule has 6 aromatic carbocycles. The minimum absolute atomic E-state index is 0.00429. The van der Waals surface area contributed by atoms with Gasteiger partial charge in [0.2, 0.25) is 82.7 Å². The molecule has 0 unspecified atom stereocenters. The molecule has 1 aromatic heterocycles. The van der Waals surface area contributed by atoms with Gasteiger partial charge in [0, 0.05) is 75.0 Å². The number of hydrogen-bond acceptors (Lipinski definition) is 19. The molecule has 0 saturated carbocycles. The Balaban J connectivity index is 1.09. The number of aliphatic hydroxyl groups excluding tert-OH is 1. The van der Waals surface area contributed by atoms with Gasteiger partial charge in [-0.1, -0.05) is 143 Å². The summed E-state index contributed by atoms with van der Waals surface area (Å²) in [4.78, 5) is 210. The quantitative estimate of drug-likeness (QED) is 0.0520. The average Bonchev–Trinajstić information content (AvgIpc) is 1.79. The highest BCUT2D eigenvalue weighted by Gasteiger charge is 2.42. The van der Waals surface area contributed by atoms with Crippen LogP contribution in [0.25, 0.3) is 10.9 Å². The van der Waals surface area contributed by atoms with Gasteiger partial charge in [-0.3, -0.25) is 67.1 Å². The van der Waals surface area contributed by atoms with Gasteiger partial charge in [0.05, 0.1) is 25.4 Å². The van der Waals surface area contributed by atoms with E-state index in [1.807, 2.05) is 0 Å². The molecule has 632 valence electrons. The number of hydrogen-bond donors (Lipinski definition) is 17. The van der Waals surface area contributed by atoms with E-state index in [1.165, 1.54) is 84.7 Å². The second-order valence-corrected chi connectivity index (χ2v) is 31.3. The molecule has 2 fully saturated rings. The van der Waals surface area contributed by atoms with Crippen LogP contribution in [0.15, 0.2) is 164 Å². The van der Waals surface area contributed by atoms with Gasteiger partial charge in [-0.15, -0.1) is 11.8 Å². The zero-order chi connectivity index (χ0) is 86.0. The van der Waals surface area contributed by atoms with Crippen molar-refractivity contribution in [1.29, 1.82) is 0 Å². The van der Waals surface area contributed by atoms with Crippen LogP contribution in [0.3, 0.4) is 0 Å². The van der Waals surface area contributed by atoms with Crippen molar-refractivity contribution in [2.75, 3.05) is 44.8 Å². The number of phenolic OH excluding ortho intramolecular Hbond substituents is 3. The highest BCUT2D eigenvalue weighted by molar-refractivity contribution is 8.00. The number of thioether (sulfide) groups is 1. The van der Waals surface area contributed by atoms with Gasteiger partial charge >= 0.3 is 0 Å². The molecule has 0 bridgehead atoms. The number of likely N-dealkylation sites (N-methyl/N-ethyl adjacent to an activating group) is 1. The molecular formula is C85H103N15O18S. The van der Waals surface area contributed by atoms with Crippen LogP contribution < -0.4 is 64.2 Å². The molecular weight excluding hydrogens is 1550 g/mol. The number of primary amides is 1. The predicted octanol–water partition coefficient (Wildman–Crippen LogP) is 0.381. The number of carbonyl (C=O) groups is 14. The first-order chi connectivity index (χ1) is 56.9. The van der Waals surface area contributed by atoms with E-state index < -0.39 is 181 Å². The van der Waals surface area contributed by atoms with Gasteiger partial charge in [0.1, 0.15) is 83.7 Å². The lowest BCUT2D eigenvalue weighted by molar-refractivity contribution is -0.143. The van der Waals surface area contributed by atoms with E-state index in [1.54, 1.807) is 119 Å². The van der Waals surface area contributed by atoms with Gasteiger partial charge in [0.25, 0.3) is 0 Å². The van der Waals surface area contributed by atoms with E-state index in [-0.39, 0.29) is 93.3 Å². The van der Waals surface area contributed by atoms with Crippen molar-refractivity contribution in [2.24, 2.45) is 17.6 Å². The van der Waals surface area contributed by atoms with Crippen molar-refractivity contribution >= 4 is 105 Å². The minimum Gasteiger partial charge on any atom is -0.508 e. The number of fused-ring (bicyclic) bond motifs is 2. The Morgan fingerprint density at radius 3 is 1.51 bits per heavy atom. The summed E-state index contributed by atoms with van der Waals surface area (Å²) in [6, 6.07) is 24.7. The number of nitrogens with two attached hydrogens (primary N) is 1. The van der Waals surface area contributed by atoms with Crippen molar-refractivity contribution in [1.82, 2.24) is 73.3 Å². The summed E-state index contributed by atoms with van der Waals surface area (Å²) in [6.45, 7) is 4.11. The van der Waals surface area contributed by atoms with Crippen molar-refractivity contribution in [3.63, 3.8) is 0 Å². The fourth-order valence-electron chi connectivity index (χ4n) is 14.0. The third-order valence-corrected chi connectivity index (χ3v) is 21.4. The number of para-hydroxylation sites is 1. The summed E-state index contributed by atoms with van der Waals surface area (Å²) in [5.41, 5.74) is 9.00. The lowest BCUT2D eigenvalue weighted by atomic mass is 9.98. The van der Waals surface area contributed by atoms with Crippen LogP contribution >= 0.6 is 11.8 Å². The van der Waals surface area contributed by atoms with Crippen LogP contribution in [-0.4, -0.2) is 229 Å². The Kier molecular flexibility index (Phi) is 32.8. The van der Waals surface area contributed by atoms with Crippen LogP contribution in [0.1, 0.15) is 80.3 Å². The number of H-pyrrole nitrogens is 1. The van der Waals surface area contributed by atoms with Crippen LogP contribution in [0, 0.1) is 11.8 Å². The number of aromatic amines is 1. The summed E-state index contributed by atoms with van der Waals surface area (Å²) in [7, 11) is 1.32. The number of amides is 14. The smallest absolute Gasteiger partial charge is 0.246 e. The summed E-state index contributed by atoms with van der Waals surface area (Å²) in [5.74, 6) is -14.9. The van der Waals surface area contributed by atoms with Crippen molar-refractivity contribution in [3.05, 3.63) is 197 Å². The lowest BCUT2D eigenvalue weighted by Crippen LogP contribution is -2.61. The van der Waals surface area contributed by atoms with Gasteiger partial charge < -0.3 is 99.4 Å². The molecule has 34 heteroatoms. The number of nitrogens with zero attached hydrogens (tertiary/aromatic N) is 2. The van der Waals surface area contributed by atoms with Crippen LogP contribution in [0.2, 0.25) is 0 Å². The topological polar surface area (TPSA) is 501 Å². The SMILES string of the molecule is CC(C)C[C@@H]1NC(=O)[C@H](Cc2ccccc2)N(C)C(=O)[C@H](Cc2ccc(O)cc2)NC(=O)[C@H](Cc2c[nH]c3ccccc23)NC(=O)CNC(=O)[C@H](CO)NC(=O)[C@H](Cc2ccc(O)cc2)NC(=O)[C@H](C(C)C)NC(=O)[C@@H]2CCCN2C(=O)[C@H](Cc2ccc(O)cc2)NC(=O)[C@H](Cc2ccccc2)NC(=O)CSC[C@@H](C(=O)NCC(N)=O)NC1=O. The van der Waals surface area contributed by atoms with Gasteiger partial charge in [-0.2, -0.15) is 0 Å². The molecule has 3 heterocycles. The molecule has 0 aliphatic carbocycles. The second kappa shape index (κ2) is 43.4. The number of aliphatic hydroxyl groups is 1. The number of phenols is 3. The zero-order valence-electron chi connectivity index (χ0n) is 66.6. The summed E-state index contributed by atoms with van der Waals surface area (Å²) >= 11 is 0.836. The normalized spacial score (nSPS) is 22.7. The fraction of sp³-hybridized carbons (Fsp3) is 0.388. The summed E-state index contributed by atoms with van der Waals surface area (Å²) in [6.07, 6.45) is 0.564. The van der Waals surface area contributed by atoms with E-state index in [2.05, 4.69) is 63.5 Å². The van der Waals surface area contributed by atoms with E-state index in [9.17, 15) is 63.6 Å². The van der Waals surface area contributed by atoms with E-state index in [0.717, 1.165) is 16.7 Å². The Labute approximate surface area is 691 Å². The van der Waals surface area contributed by atoms with Crippen LogP contribution in [0.5, 0.6) is 17.2 Å². The third-order valence-electron chi connectivity index (χ3n) is 20.3. The Morgan fingerprint density at radius 1 is 0.496 bits per heavy atom. The number of benzene rings is 6. The molecule has 0 spiro atoms. The molecule has 0 radical (unpaired) electrons. The maximum Gasteiger partial charge on any atom is 0.246 e. The summed E-state index contributed by atoms with van der Waals surface area (Å²) in [5, 5.41) is 71.4. The highest BCUT2D eigenvalue weighted by Crippen LogP contribution is 2.25. The molecule has 7 aromatic rings. The fourth-order valence-corrected chi connectivity index (χ4v) is 14.8. The maximum absolute atomic E-state index is 15.6. The van der Waals surface area contributed by atoms with Crippen LogP contribution in [-0.2, 0) is 106 Å². The molecule has 9 rings (SSSR count). The first kappa shape index (κ1) is 90.1. The summed E-state index contributed by atoms with van der Waals surface area (Å²) < 4.78 is 0. The lowest BCUT2D eigenvalue weighted by Gasteiger charge is -2.33. The van der Waals surface area contributed by atoms with E-state index in [0.29, 0.717) is 44.3 Å². The van der Waals surface area contributed by atoms with E-state index >= 15 is 24.0 Å². The molecule has 2 saturated heterocycles. The van der Waals surface area contributed by atoms with Crippen molar-refractivity contribution < 1.29 is 87.5 Å². The maximum atomic E-state index is 15.6. The molecule has 119 heavy (non-hydrogen) atoms. The molecule has 18 N–H and O–H groups in total. The Hall–Kier alpha value is -12.9. The van der Waals surface area contributed by atoms with Crippen LogP contribution in [0.4, 0.5) is 0 Å². The predicted molar refractivity (Wildman–Crippen MR) is 440 cm³/mol. The zero-order valence-corrected chi connectivity index (χ0v) is 67.4. The molecule has 2 aliphatic rings. The van der Waals surface area contributed by atoms with Crippen molar-refractivity contribution in [3.8, 4) is 17.2 Å². The Morgan fingerprint density at radius 2 is 0.966 bits per heavy atom. The molecule has 11 atom stereocenters. The number of aromatic nitrogens is 1. The average molecular weight is 1650 g/mol. The van der Waals surface area contributed by atoms with Gasteiger partial charge in [-0.25, -0.2) is 0 Å². The molecule has 14 amide bonds. The second-order valence-electron chi connectivity index (χ2n) is 30.3. The molecule has 2 aliphatic heterocycles. The minimum atomic E-state index is -1.81. The van der Waals surface area contributed by atoms with Crippen molar-refractivity contribution in [2.45, 2.75) is 152 Å². The number of nitrogens with one attached hydrogen (secondary N) is 12. The number of rotatable bonds is 19. The van der Waals surface area contributed by atoms with Gasteiger partial charge in [-0.05, 0) is 107 Å². The highest BCUT2D eigenvalue weighted by atomic mass is 32.2. The largest absolute Gasteiger partial charge is 0.508 e. The molecule has 33 nitrogen and oxygen atoms in total. The third kappa shape index (κ3) is 26.6. The number of aromatic hydroxyl groups is 3.